The number of thiazole rings is 1. The van der Waals surface area contributed by atoms with Gasteiger partial charge in [0.1, 0.15) is 23.4 Å². The van der Waals surface area contributed by atoms with Crippen LogP contribution in [0, 0.1) is 0 Å². The van der Waals surface area contributed by atoms with E-state index in [1.165, 1.54) is 16.2 Å². The molecule has 0 spiro atoms. The molecule has 45 heavy (non-hydrogen) atoms. The average molecular weight is 629 g/mol. The molecule has 1 fully saturated rings. The van der Waals surface area contributed by atoms with Crippen LogP contribution < -0.4 is 23.8 Å². The highest BCUT2D eigenvalue weighted by Crippen LogP contribution is 2.46. The fraction of sp³-hybridized carbons (Fsp3) is 0.343. The maximum absolute atomic E-state index is 13.8. The number of aromatic nitrogens is 1. The molecule has 10 heteroatoms. The van der Waals surface area contributed by atoms with E-state index in [0.717, 1.165) is 35.3 Å². The molecule has 6 rings (SSSR count). The zero-order chi connectivity index (χ0) is 31.7. The first-order valence-electron chi connectivity index (χ1n) is 15.3. The van der Waals surface area contributed by atoms with Crippen LogP contribution in [0.3, 0.4) is 0 Å². The van der Waals surface area contributed by atoms with Gasteiger partial charge in [0.15, 0.2) is 16.6 Å². The van der Waals surface area contributed by atoms with Crippen LogP contribution in [0.1, 0.15) is 62.8 Å². The fourth-order valence-corrected chi connectivity index (χ4v) is 6.83. The van der Waals surface area contributed by atoms with Gasteiger partial charge in [-0.1, -0.05) is 37.2 Å². The molecule has 1 N–H and O–H groups in total. The molecule has 0 saturated carbocycles. The molecule has 9 nitrogen and oxygen atoms in total. The zero-order valence-electron chi connectivity index (χ0n) is 25.8. The van der Waals surface area contributed by atoms with E-state index < -0.39 is 17.7 Å². The second-order valence-electron chi connectivity index (χ2n) is 11.1. The van der Waals surface area contributed by atoms with E-state index in [0.29, 0.717) is 58.7 Å². The largest absolute Gasteiger partial charge is 0.507 e. The molecule has 0 bridgehead atoms. The number of carbonyl (C=O) groups is 2. The summed E-state index contributed by atoms with van der Waals surface area (Å²) in [5.74, 6) is 0.645. The summed E-state index contributed by atoms with van der Waals surface area (Å²) < 4.78 is 24.0. The van der Waals surface area contributed by atoms with Crippen molar-refractivity contribution >= 4 is 44.1 Å². The smallest absolute Gasteiger partial charge is 0.301 e. The monoisotopic (exact) mass is 628 g/mol. The molecular weight excluding hydrogens is 592 g/mol. The predicted octanol–water partition coefficient (Wildman–Crippen LogP) is 7.22. The molecular formula is C35H36N2O7S. The summed E-state index contributed by atoms with van der Waals surface area (Å²) in [4.78, 5) is 33.8. The van der Waals surface area contributed by atoms with Gasteiger partial charge in [-0.2, -0.15) is 0 Å². The Kier molecular flexibility index (Phi) is 8.67. The van der Waals surface area contributed by atoms with Gasteiger partial charge in [-0.05, 0) is 79.9 Å². The Labute approximate surface area is 266 Å². The SMILES string of the molecule is CCCCCOc1ccc([C@@H]2C(=C(O)c3ccc4c(c3)C[C@H](C)O4)C(=O)C(=O)N2c2nc3ccc(OC)cc3s2)cc1OCC. The van der Waals surface area contributed by atoms with Crippen molar-refractivity contribution in [2.24, 2.45) is 0 Å². The van der Waals surface area contributed by atoms with Crippen LogP contribution in [0.5, 0.6) is 23.0 Å². The summed E-state index contributed by atoms with van der Waals surface area (Å²) in [7, 11) is 1.58. The van der Waals surface area contributed by atoms with Gasteiger partial charge in [0.2, 0.25) is 0 Å². The molecule has 1 saturated heterocycles. The summed E-state index contributed by atoms with van der Waals surface area (Å²) in [6.07, 6.45) is 3.74. The number of benzene rings is 3. The second-order valence-corrected chi connectivity index (χ2v) is 12.2. The van der Waals surface area contributed by atoms with E-state index >= 15 is 0 Å². The summed E-state index contributed by atoms with van der Waals surface area (Å²) >= 11 is 1.27. The molecule has 0 aliphatic carbocycles. The van der Waals surface area contributed by atoms with E-state index in [4.69, 9.17) is 23.9 Å². The summed E-state index contributed by atoms with van der Waals surface area (Å²) in [5, 5.41) is 12.1. The first-order valence-corrected chi connectivity index (χ1v) is 16.1. The molecule has 2 aliphatic rings. The van der Waals surface area contributed by atoms with Crippen molar-refractivity contribution in [3.05, 3.63) is 76.9 Å². The number of nitrogens with zero attached hydrogens (tertiary/aromatic N) is 2. The van der Waals surface area contributed by atoms with Crippen LogP contribution in [-0.2, 0) is 16.0 Å². The maximum atomic E-state index is 13.8. The van der Waals surface area contributed by atoms with Crippen molar-refractivity contribution < 1.29 is 33.6 Å². The summed E-state index contributed by atoms with van der Waals surface area (Å²) in [6.45, 7) is 6.93. The number of amides is 1. The van der Waals surface area contributed by atoms with Crippen LogP contribution in [0.4, 0.5) is 5.13 Å². The minimum absolute atomic E-state index is 0.0142. The van der Waals surface area contributed by atoms with Gasteiger partial charge in [0.25, 0.3) is 5.78 Å². The molecule has 0 unspecified atom stereocenters. The van der Waals surface area contributed by atoms with Crippen LogP contribution in [0.15, 0.2) is 60.2 Å². The Morgan fingerprint density at radius 3 is 2.67 bits per heavy atom. The van der Waals surface area contributed by atoms with E-state index in [9.17, 15) is 14.7 Å². The number of aliphatic hydroxyl groups is 1. The third-order valence-corrected chi connectivity index (χ3v) is 9.01. The molecule has 3 aromatic carbocycles. The van der Waals surface area contributed by atoms with Crippen molar-refractivity contribution in [2.45, 2.75) is 58.6 Å². The molecule has 3 heterocycles. The number of anilines is 1. The van der Waals surface area contributed by atoms with Gasteiger partial charge in [-0.25, -0.2) is 4.98 Å². The van der Waals surface area contributed by atoms with Crippen LogP contribution in [0.25, 0.3) is 16.0 Å². The Balaban J connectivity index is 1.49. The lowest BCUT2D eigenvalue weighted by Crippen LogP contribution is -2.29. The van der Waals surface area contributed by atoms with Crippen molar-refractivity contribution in [1.29, 1.82) is 0 Å². The summed E-state index contributed by atoms with van der Waals surface area (Å²) in [5.41, 5.74) is 2.58. The van der Waals surface area contributed by atoms with Crippen LogP contribution >= 0.6 is 11.3 Å². The highest BCUT2D eigenvalue weighted by atomic mass is 32.1. The molecule has 4 aromatic rings. The Morgan fingerprint density at radius 1 is 1.04 bits per heavy atom. The predicted molar refractivity (Wildman–Crippen MR) is 174 cm³/mol. The standard InChI is InChI=1S/C35H36N2O7S/c1-5-7-8-15-43-27-14-9-21(18-28(27)42-6-2)31-30(32(38)22-10-13-26-23(17-22)16-20(3)44-26)33(39)34(40)37(31)35-36-25-12-11-24(41-4)19-29(25)45-35/h9-14,17-20,31,38H,5-8,15-16H2,1-4H3/t20-,31+/m0/s1. The number of hydrogen-bond donors (Lipinski definition) is 1. The minimum Gasteiger partial charge on any atom is -0.507 e. The van der Waals surface area contributed by atoms with Gasteiger partial charge in [0, 0.05) is 12.0 Å². The van der Waals surface area contributed by atoms with E-state index in [1.807, 2.05) is 38.1 Å². The zero-order valence-corrected chi connectivity index (χ0v) is 26.6. The van der Waals surface area contributed by atoms with E-state index in [2.05, 4.69) is 6.92 Å². The first kappa shape index (κ1) is 30.5. The fourth-order valence-electron chi connectivity index (χ4n) is 5.81. The number of carbonyl (C=O) groups excluding carboxylic acids is 2. The van der Waals surface area contributed by atoms with Gasteiger partial charge in [-0.3, -0.25) is 14.5 Å². The number of Topliss-reactive ketones (excluding diaryl/α,β-unsaturated/α-hetero) is 1. The van der Waals surface area contributed by atoms with Crippen LogP contribution in [-0.4, -0.2) is 48.2 Å². The lowest BCUT2D eigenvalue weighted by molar-refractivity contribution is -0.132. The lowest BCUT2D eigenvalue weighted by atomic mass is 9.94. The third-order valence-electron chi connectivity index (χ3n) is 7.99. The second kappa shape index (κ2) is 12.8. The number of methoxy groups -OCH3 is 1. The molecule has 234 valence electrons. The Bertz CT molecular complexity index is 1800. The van der Waals surface area contributed by atoms with E-state index in [1.54, 1.807) is 37.4 Å². The average Bonchev–Trinajstić information content (AvgIpc) is 3.71. The first-order chi connectivity index (χ1) is 21.8. The van der Waals surface area contributed by atoms with Gasteiger partial charge in [0.05, 0.1) is 42.2 Å². The van der Waals surface area contributed by atoms with Crippen molar-refractivity contribution in [1.82, 2.24) is 4.98 Å². The lowest BCUT2D eigenvalue weighted by Gasteiger charge is -2.24. The topological polar surface area (TPSA) is 107 Å². The number of ketones is 1. The van der Waals surface area contributed by atoms with Crippen molar-refractivity contribution in [2.75, 3.05) is 25.2 Å². The van der Waals surface area contributed by atoms with Gasteiger partial charge < -0.3 is 24.1 Å². The van der Waals surface area contributed by atoms with Gasteiger partial charge in [-0.15, -0.1) is 0 Å². The highest BCUT2D eigenvalue weighted by Gasteiger charge is 2.48. The van der Waals surface area contributed by atoms with Crippen molar-refractivity contribution in [3.8, 4) is 23.0 Å². The Morgan fingerprint density at radius 2 is 1.89 bits per heavy atom. The molecule has 1 amide bonds. The van der Waals surface area contributed by atoms with Crippen LogP contribution in [0.2, 0.25) is 0 Å². The quantitative estimate of drug-likeness (QED) is 0.0803. The number of aliphatic hydroxyl groups excluding tert-OH is 1. The number of hydrogen-bond acceptors (Lipinski definition) is 9. The number of fused-ring (bicyclic) bond motifs is 2. The van der Waals surface area contributed by atoms with Crippen molar-refractivity contribution in [3.63, 3.8) is 0 Å². The third kappa shape index (κ3) is 5.82. The highest BCUT2D eigenvalue weighted by molar-refractivity contribution is 7.22. The molecule has 1 aromatic heterocycles. The van der Waals surface area contributed by atoms with E-state index in [-0.39, 0.29) is 17.4 Å². The number of rotatable bonds is 11. The maximum Gasteiger partial charge on any atom is 0.301 e. The molecule has 2 aliphatic heterocycles. The number of ether oxygens (including phenoxy) is 4. The number of unbranched alkanes of at least 4 members (excludes halogenated alkanes) is 2. The van der Waals surface area contributed by atoms with Gasteiger partial charge >= 0.3 is 5.91 Å². The Hall–Kier alpha value is -4.57. The minimum atomic E-state index is -0.968. The molecule has 0 radical (unpaired) electrons. The summed E-state index contributed by atoms with van der Waals surface area (Å²) in [6, 6.07) is 15.2. The molecule has 2 atom stereocenters. The normalized spacial score (nSPS) is 18.7.